The molecule has 0 saturated heterocycles. The van der Waals surface area contributed by atoms with Gasteiger partial charge < -0.3 is 14.2 Å². The number of carbonyl (C=O) groups excluding carboxylic acids is 3. The van der Waals surface area contributed by atoms with Crippen molar-refractivity contribution in [2.24, 2.45) is 0 Å². The van der Waals surface area contributed by atoms with Gasteiger partial charge in [0.15, 0.2) is 6.10 Å². The van der Waals surface area contributed by atoms with E-state index in [0.29, 0.717) is 19.3 Å². The van der Waals surface area contributed by atoms with E-state index in [1.54, 1.807) is 0 Å². The summed E-state index contributed by atoms with van der Waals surface area (Å²) in [5, 5.41) is 0. The van der Waals surface area contributed by atoms with Crippen LogP contribution in [0.3, 0.4) is 0 Å². The summed E-state index contributed by atoms with van der Waals surface area (Å²) in [6.45, 7) is 6.37. The van der Waals surface area contributed by atoms with Gasteiger partial charge >= 0.3 is 17.9 Å². The molecule has 1 atom stereocenters. The van der Waals surface area contributed by atoms with Crippen LogP contribution in [0.15, 0.2) is 85.1 Å². The Labute approximate surface area is 356 Å². The summed E-state index contributed by atoms with van der Waals surface area (Å²) in [4.78, 5) is 37.7. The van der Waals surface area contributed by atoms with Crippen LogP contribution >= 0.6 is 0 Å². The monoisotopic (exact) mass is 807 g/mol. The Balaban J connectivity index is 4.46. The first-order valence-electron chi connectivity index (χ1n) is 23.7. The van der Waals surface area contributed by atoms with E-state index < -0.39 is 6.10 Å². The fraction of sp³-hybridized carbons (Fsp3) is 0.673. The molecule has 6 heteroatoms. The molecule has 330 valence electrons. The van der Waals surface area contributed by atoms with Gasteiger partial charge in [-0.15, -0.1) is 0 Å². The Hall–Kier alpha value is -3.41. The molecule has 0 aromatic heterocycles. The summed E-state index contributed by atoms with van der Waals surface area (Å²) < 4.78 is 16.6. The maximum absolute atomic E-state index is 12.7. The smallest absolute Gasteiger partial charge is 0.306 e. The Morgan fingerprint density at radius 1 is 0.362 bits per heavy atom. The zero-order valence-corrected chi connectivity index (χ0v) is 37.5. The zero-order chi connectivity index (χ0) is 42.3. The molecular formula is C52H86O6. The van der Waals surface area contributed by atoms with Crippen LogP contribution in [0.2, 0.25) is 0 Å². The third-order valence-electron chi connectivity index (χ3n) is 9.79. The van der Waals surface area contributed by atoms with Crippen LogP contribution in [0.5, 0.6) is 0 Å². The minimum absolute atomic E-state index is 0.110. The molecule has 1 unspecified atom stereocenters. The van der Waals surface area contributed by atoms with Crippen molar-refractivity contribution in [2.75, 3.05) is 13.2 Å². The Morgan fingerprint density at radius 3 is 1.12 bits per heavy atom. The van der Waals surface area contributed by atoms with Crippen molar-refractivity contribution in [3.05, 3.63) is 85.1 Å². The topological polar surface area (TPSA) is 78.9 Å². The van der Waals surface area contributed by atoms with Crippen LogP contribution in [0.4, 0.5) is 0 Å². The van der Waals surface area contributed by atoms with Gasteiger partial charge in [-0.2, -0.15) is 0 Å². The van der Waals surface area contributed by atoms with Crippen molar-refractivity contribution in [2.45, 2.75) is 213 Å². The molecule has 0 rings (SSSR count). The second-order valence-electron chi connectivity index (χ2n) is 15.4. The average Bonchev–Trinajstić information content (AvgIpc) is 3.22. The molecule has 0 fully saturated rings. The van der Waals surface area contributed by atoms with Crippen molar-refractivity contribution in [3.8, 4) is 0 Å². The van der Waals surface area contributed by atoms with Crippen molar-refractivity contribution < 1.29 is 28.6 Å². The van der Waals surface area contributed by atoms with Gasteiger partial charge in [-0.25, -0.2) is 0 Å². The van der Waals surface area contributed by atoms with Crippen molar-refractivity contribution in [1.29, 1.82) is 0 Å². The van der Waals surface area contributed by atoms with Crippen molar-refractivity contribution in [1.82, 2.24) is 0 Å². The number of rotatable bonds is 41. The Bertz CT molecular complexity index is 1160. The highest BCUT2D eigenvalue weighted by Gasteiger charge is 2.19. The van der Waals surface area contributed by atoms with Crippen molar-refractivity contribution in [3.63, 3.8) is 0 Å². The minimum Gasteiger partial charge on any atom is -0.462 e. The molecular weight excluding hydrogens is 721 g/mol. The highest BCUT2D eigenvalue weighted by molar-refractivity contribution is 5.71. The van der Waals surface area contributed by atoms with Gasteiger partial charge in [-0.1, -0.05) is 215 Å². The number of allylic oxidation sites excluding steroid dienone is 14. The quantitative estimate of drug-likeness (QED) is 0.0265. The first kappa shape index (κ1) is 54.6. The molecule has 0 saturated carbocycles. The van der Waals surface area contributed by atoms with Gasteiger partial charge in [0.2, 0.25) is 0 Å². The van der Waals surface area contributed by atoms with E-state index in [2.05, 4.69) is 51.2 Å². The maximum atomic E-state index is 12.7. The molecule has 0 aromatic rings. The van der Waals surface area contributed by atoms with Crippen LogP contribution in [0.25, 0.3) is 0 Å². The molecule has 58 heavy (non-hydrogen) atoms. The lowest BCUT2D eigenvalue weighted by Crippen LogP contribution is -2.30. The van der Waals surface area contributed by atoms with Crippen LogP contribution in [0, 0.1) is 0 Å². The molecule has 0 aromatic carbocycles. The average molecular weight is 807 g/mol. The van der Waals surface area contributed by atoms with E-state index in [0.717, 1.165) is 70.6 Å². The third-order valence-corrected chi connectivity index (χ3v) is 9.79. The second-order valence-corrected chi connectivity index (χ2v) is 15.4. The van der Waals surface area contributed by atoms with Gasteiger partial charge in [0.25, 0.3) is 0 Å². The predicted octanol–water partition coefficient (Wildman–Crippen LogP) is 15.3. The Kier molecular flexibility index (Phi) is 43.6. The lowest BCUT2D eigenvalue weighted by Gasteiger charge is -2.18. The van der Waals surface area contributed by atoms with E-state index in [9.17, 15) is 14.4 Å². The summed E-state index contributed by atoms with van der Waals surface area (Å²) >= 11 is 0. The van der Waals surface area contributed by atoms with Crippen LogP contribution in [-0.4, -0.2) is 37.2 Å². The van der Waals surface area contributed by atoms with Gasteiger partial charge in [0, 0.05) is 19.3 Å². The zero-order valence-electron chi connectivity index (χ0n) is 37.5. The first-order valence-corrected chi connectivity index (χ1v) is 23.7. The predicted molar refractivity (Wildman–Crippen MR) is 247 cm³/mol. The van der Waals surface area contributed by atoms with E-state index in [-0.39, 0.29) is 37.5 Å². The van der Waals surface area contributed by atoms with Gasteiger partial charge in [0.05, 0.1) is 0 Å². The maximum Gasteiger partial charge on any atom is 0.306 e. The molecule has 6 nitrogen and oxygen atoms in total. The number of hydrogen-bond donors (Lipinski definition) is 0. The number of carbonyl (C=O) groups is 3. The largest absolute Gasteiger partial charge is 0.462 e. The third kappa shape index (κ3) is 43.7. The summed E-state index contributed by atoms with van der Waals surface area (Å²) in [5.74, 6) is -1.01. The lowest BCUT2D eigenvalue weighted by atomic mass is 10.1. The number of esters is 3. The Morgan fingerprint density at radius 2 is 0.690 bits per heavy atom. The number of ether oxygens (including phenoxy) is 3. The van der Waals surface area contributed by atoms with Crippen molar-refractivity contribution >= 4 is 17.9 Å². The molecule has 0 bridgehead atoms. The fourth-order valence-corrected chi connectivity index (χ4v) is 6.23. The highest BCUT2D eigenvalue weighted by atomic mass is 16.6. The van der Waals surface area contributed by atoms with Gasteiger partial charge in [0.1, 0.15) is 13.2 Å². The first-order chi connectivity index (χ1) is 28.5. The summed E-state index contributed by atoms with van der Waals surface area (Å²) in [7, 11) is 0. The SMILES string of the molecule is CC\C=C/C=C\C=C/C=C\C=C/CCCC(=O)OC(COC(=O)CCCCCCC/C=C\C=C/CCCCCCCCC)COC(=O)CCCCCCCCCCC. The molecule has 0 aliphatic heterocycles. The summed E-state index contributed by atoms with van der Waals surface area (Å²) in [6.07, 6.45) is 58.6. The standard InChI is InChI=1S/C52H86O6/c1-4-7-10-13-16-19-21-23-24-25-26-27-29-30-33-36-39-42-45-51(54)57-48-49(47-56-50(53)44-41-38-35-32-18-15-12-9-6-3)58-52(55)46-43-40-37-34-31-28-22-20-17-14-11-8-5-2/h8,11,14,17,20,22,24-28,31,34,37,49H,4-7,9-10,12-13,15-16,18-19,21,23,29-30,32-33,35-36,38-48H2,1-3H3/b11-8-,17-14-,22-20-,25-24-,27-26-,31-28-,37-34-. The minimum atomic E-state index is -0.816. The van der Waals surface area contributed by atoms with E-state index in [4.69, 9.17) is 14.2 Å². The number of hydrogen-bond acceptors (Lipinski definition) is 6. The van der Waals surface area contributed by atoms with Gasteiger partial charge in [-0.3, -0.25) is 14.4 Å². The van der Waals surface area contributed by atoms with E-state index in [1.807, 2.05) is 54.7 Å². The fourth-order valence-electron chi connectivity index (χ4n) is 6.23. The molecule has 0 aliphatic rings. The molecule has 0 radical (unpaired) electrons. The van der Waals surface area contributed by atoms with Crippen LogP contribution in [-0.2, 0) is 28.6 Å². The molecule has 0 aliphatic carbocycles. The van der Waals surface area contributed by atoms with Crippen LogP contribution in [0.1, 0.15) is 207 Å². The van der Waals surface area contributed by atoms with E-state index >= 15 is 0 Å². The lowest BCUT2D eigenvalue weighted by molar-refractivity contribution is -0.167. The molecule has 0 N–H and O–H groups in total. The summed E-state index contributed by atoms with van der Waals surface area (Å²) in [6, 6.07) is 0. The second kappa shape index (κ2) is 46.3. The number of unbranched alkanes of at least 4 members (excludes halogenated alkanes) is 21. The summed E-state index contributed by atoms with van der Waals surface area (Å²) in [5.41, 5.74) is 0. The highest BCUT2D eigenvalue weighted by Crippen LogP contribution is 2.13. The molecule has 0 heterocycles. The van der Waals surface area contributed by atoms with Crippen LogP contribution < -0.4 is 0 Å². The van der Waals surface area contributed by atoms with Gasteiger partial charge in [-0.05, 0) is 57.8 Å². The molecule has 0 amide bonds. The van der Waals surface area contributed by atoms with E-state index in [1.165, 1.54) is 89.9 Å². The molecule has 0 spiro atoms. The normalized spacial score (nSPS) is 12.8.